The van der Waals surface area contributed by atoms with E-state index in [0.717, 1.165) is 10.5 Å². The Labute approximate surface area is 184 Å². The largest absolute Gasteiger partial charge is 0.480 e. The average molecular weight is 458 g/mol. The van der Waals surface area contributed by atoms with Gasteiger partial charge < -0.3 is 14.6 Å². The monoisotopic (exact) mass is 457 g/mol. The van der Waals surface area contributed by atoms with Gasteiger partial charge in [-0.2, -0.15) is 4.72 Å². The van der Waals surface area contributed by atoms with E-state index in [1.54, 1.807) is 6.07 Å². The first-order chi connectivity index (χ1) is 14.9. The third-order valence-electron chi connectivity index (χ3n) is 4.51. The molecule has 1 atom stereocenters. The van der Waals surface area contributed by atoms with Crippen molar-refractivity contribution in [1.29, 1.82) is 0 Å². The summed E-state index contributed by atoms with van der Waals surface area (Å²) in [6.45, 7) is -0.127. The summed E-state index contributed by atoms with van der Waals surface area (Å²) in [4.78, 5) is 13.0. The Bertz CT molecular complexity index is 1200. The predicted molar refractivity (Wildman–Crippen MR) is 115 cm³/mol. The molecular weight excluding hydrogens is 438 g/mol. The van der Waals surface area contributed by atoms with E-state index in [9.17, 15) is 18.3 Å². The first kappa shape index (κ1) is 21.4. The number of sulfonamides is 1. The van der Waals surface area contributed by atoms with Crippen molar-refractivity contribution < 1.29 is 27.8 Å². The molecule has 0 unspecified atom stereocenters. The number of nitrogens with one attached hydrogen (secondary N) is 1. The zero-order valence-corrected chi connectivity index (χ0v) is 17.9. The molecule has 0 saturated carbocycles. The summed E-state index contributed by atoms with van der Waals surface area (Å²) < 4.78 is 39.1. The molecule has 9 heteroatoms. The van der Waals surface area contributed by atoms with Crippen LogP contribution in [0.4, 0.5) is 0 Å². The lowest BCUT2D eigenvalue weighted by Gasteiger charge is -2.20. The van der Waals surface area contributed by atoms with Gasteiger partial charge in [-0.05, 0) is 35.9 Å². The molecular formula is C22H19NO6S2. The summed E-state index contributed by atoms with van der Waals surface area (Å²) in [6, 6.07) is 19.7. The number of carboxylic acids is 1. The minimum absolute atomic E-state index is 0.0453. The number of carbonyl (C=O) groups is 1. The highest BCUT2D eigenvalue weighted by Gasteiger charge is 2.27. The van der Waals surface area contributed by atoms with Crippen LogP contribution in [0.1, 0.15) is 5.56 Å². The molecule has 0 aliphatic carbocycles. The molecule has 1 aliphatic rings. The van der Waals surface area contributed by atoms with Crippen molar-refractivity contribution in [3.8, 4) is 11.5 Å². The van der Waals surface area contributed by atoms with E-state index in [2.05, 4.69) is 4.72 Å². The fourth-order valence-corrected chi connectivity index (χ4v) is 5.22. The second-order valence-corrected chi connectivity index (χ2v) is 9.57. The topological polar surface area (TPSA) is 102 Å². The van der Waals surface area contributed by atoms with Crippen LogP contribution in [0.2, 0.25) is 0 Å². The second-order valence-electron chi connectivity index (χ2n) is 6.77. The van der Waals surface area contributed by atoms with E-state index in [0.29, 0.717) is 16.4 Å². The number of fused-ring (bicyclic) bond motifs is 2. The van der Waals surface area contributed by atoms with Crippen molar-refractivity contribution in [3.05, 3.63) is 78.4 Å². The van der Waals surface area contributed by atoms with E-state index in [1.165, 1.54) is 23.9 Å². The van der Waals surface area contributed by atoms with Crippen LogP contribution in [0.15, 0.2) is 87.5 Å². The minimum Gasteiger partial charge on any atom is -0.480 e. The summed E-state index contributed by atoms with van der Waals surface area (Å²) in [5.74, 6) is -0.0694. The summed E-state index contributed by atoms with van der Waals surface area (Å²) in [6.07, 6.45) is 0. The molecule has 1 heterocycles. The molecule has 4 rings (SSSR count). The highest BCUT2D eigenvalue weighted by molar-refractivity contribution is 7.99. The van der Waals surface area contributed by atoms with Crippen molar-refractivity contribution in [2.75, 3.05) is 6.61 Å². The lowest BCUT2D eigenvalue weighted by Crippen LogP contribution is -2.43. The average Bonchev–Trinajstić information content (AvgIpc) is 2.77. The Morgan fingerprint density at radius 2 is 1.71 bits per heavy atom. The molecule has 0 bridgehead atoms. The standard InChI is InChI=1S/C22H19NO6S2/c24-22(25)17(14-28-13-15-6-2-1-3-7-15)23-31(26,27)16-10-11-19-21(12-16)30-20-9-5-4-8-18(20)29-19/h1-12,17,23H,13-14H2,(H,24,25)/t17-/m1/s1. The van der Waals surface area contributed by atoms with Gasteiger partial charge in [-0.25, -0.2) is 8.42 Å². The van der Waals surface area contributed by atoms with Gasteiger partial charge in [-0.3, -0.25) is 4.79 Å². The molecule has 0 radical (unpaired) electrons. The van der Waals surface area contributed by atoms with Crippen LogP contribution >= 0.6 is 11.8 Å². The molecule has 2 N–H and O–H groups in total. The zero-order valence-electron chi connectivity index (χ0n) is 16.2. The SMILES string of the molecule is O=C(O)[C@@H](COCc1ccccc1)NS(=O)(=O)c1ccc2c(c1)Sc1ccccc1O2. The van der Waals surface area contributed by atoms with Crippen LogP contribution in [0.3, 0.4) is 0 Å². The molecule has 0 amide bonds. The Balaban J connectivity index is 1.46. The summed E-state index contributed by atoms with van der Waals surface area (Å²) in [7, 11) is -4.09. The molecule has 3 aromatic rings. The minimum atomic E-state index is -4.09. The van der Waals surface area contributed by atoms with Gasteiger partial charge in [0, 0.05) is 0 Å². The van der Waals surface area contributed by atoms with Gasteiger partial charge in [0.25, 0.3) is 0 Å². The number of hydrogen-bond acceptors (Lipinski definition) is 6. The lowest BCUT2D eigenvalue weighted by molar-refractivity contribution is -0.140. The van der Waals surface area contributed by atoms with Gasteiger partial charge in [-0.15, -0.1) is 0 Å². The molecule has 0 spiro atoms. The van der Waals surface area contributed by atoms with E-state index < -0.39 is 22.0 Å². The van der Waals surface area contributed by atoms with Crippen LogP contribution in [-0.4, -0.2) is 32.1 Å². The Morgan fingerprint density at radius 1 is 1.00 bits per heavy atom. The maximum atomic E-state index is 12.8. The van der Waals surface area contributed by atoms with Crippen LogP contribution in [0, 0.1) is 0 Å². The molecule has 160 valence electrons. The van der Waals surface area contributed by atoms with E-state index in [4.69, 9.17) is 9.47 Å². The van der Waals surface area contributed by atoms with Gasteiger partial charge in [0.05, 0.1) is 27.9 Å². The van der Waals surface area contributed by atoms with E-state index in [1.807, 2.05) is 54.6 Å². The van der Waals surface area contributed by atoms with E-state index in [-0.39, 0.29) is 18.1 Å². The molecule has 1 aliphatic heterocycles. The summed E-state index contributed by atoms with van der Waals surface area (Å²) in [5, 5.41) is 9.45. The number of hydrogen-bond donors (Lipinski definition) is 2. The maximum absolute atomic E-state index is 12.8. The number of rotatable bonds is 8. The van der Waals surface area contributed by atoms with Crippen molar-refractivity contribution in [2.24, 2.45) is 0 Å². The van der Waals surface area contributed by atoms with Gasteiger partial charge >= 0.3 is 5.97 Å². The normalized spacial score (nSPS) is 13.5. The molecule has 0 aromatic heterocycles. The highest BCUT2D eigenvalue weighted by atomic mass is 32.2. The van der Waals surface area contributed by atoms with Crippen molar-refractivity contribution in [3.63, 3.8) is 0 Å². The Morgan fingerprint density at radius 3 is 2.48 bits per heavy atom. The summed E-state index contributed by atoms with van der Waals surface area (Å²) in [5.41, 5.74) is 0.862. The van der Waals surface area contributed by atoms with Gasteiger partial charge in [0.2, 0.25) is 10.0 Å². The summed E-state index contributed by atoms with van der Waals surface area (Å²) >= 11 is 1.39. The molecule has 31 heavy (non-hydrogen) atoms. The van der Waals surface area contributed by atoms with Crippen LogP contribution in [0.25, 0.3) is 0 Å². The zero-order chi connectivity index (χ0) is 21.8. The molecule has 3 aromatic carbocycles. The second kappa shape index (κ2) is 9.11. The third-order valence-corrected chi connectivity index (χ3v) is 7.07. The highest BCUT2D eigenvalue weighted by Crippen LogP contribution is 2.47. The fraction of sp³-hybridized carbons (Fsp3) is 0.136. The number of aliphatic carboxylic acids is 1. The van der Waals surface area contributed by atoms with Crippen molar-refractivity contribution in [2.45, 2.75) is 27.3 Å². The van der Waals surface area contributed by atoms with Gasteiger partial charge in [-0.1, -0.05) is 54.2 Å². The first-order valence-corrected chi connectivity index (χ1v) is 11.7. The number of carboxylic acid groups (broad SMARTS) is 1. The third kappa shape index (κ3) is 5.08. The van der Waals surface area contributed by atoms with Crippen molar-refractivity contribution >= 4 is 27.8 Å². The van der Waals surface area contributed by atoms with Crippen molar-refractivity contribution in [1.82, 2.24) is 4.72 Å². The smallest absolute Gasteiger partial charge is 0.324 e. The maximum Gasteiger partial charge on any atom is 0.324 e. The Hall–Kier alpha value is -2.85. The first-order valence-electron chi connectivity index (χ1n) is 9.38. The van der Waals surface area contributed by atoms with Crippen LogP contribution < -0.4 is 9.46 Å². The Kier molecular flexibility index (Phi) is 6.28. The van der Waals surface area contributed by atoms with Crippen LogP contribution in [-0.2, 0) is 26.2 Å². The number of para-hydroxylation sites is 1. The predicted octanol–water partition coefficient (Wildman–Crippen LogP) is 3.89. The fourth-order valence-electron chi connectivity index (χ4n) is 2.96. The molecule has 7 nitrogen and oxygen atoms in total. The van der Waals surface area contributed by atoms with E-state index >= 15 is 0 Å². The van der Waals surface area contributed by atoms with Gasteiger partial charge in [0.15, 0.2) is 0 Å². The van der Waals surface area contributed by atoms with Crippen LogP contribution in [0.5, 0.6) is 11.5 Å². The number of ether oxygens (including phenoxy) is 2. The molecule has 0 fully saturated rings. The number of benzene rings is 3. The lowest BCUT2D eigenvalue weighted by atomic mass is 10.2. The van der Waals surface area contributed by atoms with Gasteiger partial charge in [0.1, 0.15) is 17.5 Å². The quantitative estimate of drug-likeness (QED) is 0.414. The molecule has 0 saturated heterocycles.